The van der Waals surface area contributed by atoms with Crippen LogP contribution in [0.2, 0.25) is 0 Å². The van der Waals surface area contributed by atoms with Gasteiger partial charge in [-0.15, -0.1) is 0 Å². The molecule has 0 aromatic heterocycles. The molecule has 0 heterocycles. The maximum Gasteiger partial charge on any atom is 0.254 e. The molecule has 0 radical (unpaired) electrons. The first-order valence-electron chi connectivity index (χ1n) is 4.47. The van der Waals surface area contributed by atoms with E-state index in [1.54, 1.807) is 38.4 Å². The number of hydrogen-bond acceptors (Lipinski definition) is 2. The van der Waals surface area contributed by atoms with E-state index in [1.165, 1.54) is 4.90 Å². The molecule has 80 valence electrons. The number of carbonyl (C=O) groups is 2. The number of benzene rings is 1. The molecule has 0 N–H and O–H groups in total. The molecule has 15 heavy (non-hydrogen) atoms. The SMILES string of the molecule is CN(C)C(=O)c1ccccc1C(=O)CBr. The van der Waals surface area contributed by atoms with E-state index in [1.807, 2.05) is 0 Å². The third-order valence-electron chi connectivity index (χ3n) is 1.99. The molecule has 1 amide bonds. The molecule has 4 heteroatoms. The molecule has 0 aliphatic carbocycles. The van der Waals surface area contributed by atoms with Crippen molar-refractivity contribution in [2.45, 2.75) is 0 Å². The Morgan fingerprint density at radius 1 is 1.20 bits per heavy atom. The number of Topliss-reactive ketones (excluding diaryl/α,β-unsaturated/α-hetero) is 1. The molecule has 1 aromatic rings. The maximum atomic E-state index is 11.7. The van der Waals surface area contributed by atoms with Crippen LogP contribution in [0.4, 0.5) is 0 Å². The minimum Gasteiger partial charge on any atom is -0.345 e. The monoisotopic (exact) mass is 269 g/mol. The van der Waals surface area contributed by atoms with Crippen LogP contribution >= 0.6 is 15.9 Å². The van der Waals surface area contributed by atoms with Crippen molar-refractivity contribution in [1.82, 2.24) is 4.90 Å². The van der Waals surface area contributed by atoms with E-state index in [0.29, 0.717) is 11.1 Å². The molecule has 0 atom stereocenters. The van der Waals surface area contributed by atoms with Gasteiger partial charge in [0.05, 0.1) is 10.9 Å². The van der Waals surface area contributed by atoms with E-state index in [2.05, 4.69) is 15.9 Å². The Morgan fingerprint density at radius 2 is 1.73 bits per heavy atom. The summed E-state index contributed by atoms with van der Waals surface area (Å²) < 4.78 is 0. The fraction of sp³-hybridized carbons (Fsp3) is 0.273. The predicted molar refractivity (Wildman–Crippen MR) is 62.6 cm³/mol. The van der Waals surface area contributed by atoms with Crippen LogP contribution in [0.25, 0.3) is 0 Å². The van der Waals surface area contributed by atoms with Crippen LogP contribution in [-0.2, 0) is 0 Å². The second kappa shape index (κ2) is 5.07. The molecule has 0 aliphatic rings. The zero-order valence-corrected chi connectivity index (χ0v) is 10.2. The third kappa shape index (κ3) is 2.65. The number of amides is 1. The van der Waals surface area contributed by atoms with Gasteiger partial charge in [-0.05, 0) is 6.07 Å². The van der Waals surface area contributed by atoms with Crippen molar-refractivity contribution in [1.29, 1.82) is 0 Å². The number of ketones is 1. The van der Waals surface area contributed by atoms with Gasteiger partial charge in [0.1, 0.15) is 0 Å². The second-order valence-corrected chi connectivity index (χ2v) is 3.86. The van der Waals surface area contributed by atoms with Gasteiger partial charge in [-0.3, -0.25) is 9.59 Å². The molecule has 3 nitrogen and oxygen atoms in total. The van der Waals surface area contributed by atoms with Crippen molar-refractivity contribution in [3.63, 3.8) is 0 Å². The van der Waals surface area contributed by atoms with E-state index in [0.717, 1.165) is 0 Å². The van der Waals surface area contributed by atoms with Gasteiger partial charge in [0.15, 0.2) is 5.78 Å². The summed E-state index contributed by atoms with van der Waals surface area (Å²) in [5.74, 6) is -0.235. The number of rotatable bonds is 3. The molecule has 0 saturated heterocycles. The number of halogens is 1. The van der Waals surface area contributed by atoms with Crippen LogP contribution < -0.4 is 0 Å². The van der Waals surface area contributed by atoms with Crippen molar-refractivity contribution in [2.75, 3.05) is 19.4 Å². The number of carbonyl (C=O) groups excluding carboxylic acids is 2. The summed E-state index contributed by atoms with van der Waals surface area (Å²) in [4.78, 5) is 24.7. The topological polar surface area (TPSA) is 37.4 Å². The van der Waals surface area contributed by atoms with Crippen molar-refractivity contribution < 1.29 is 9.59 Å². The van der Waals surface area contributed by atoms with E-state index < -0.39 is 0 Å². The summed E-state index contributed by atoms with van der Waals surface area (Å²) >= 11 is 3.10. The average Bonchev–Trinajstić information content (AvgIpc) is 2.27. The van der Waals surface area contributed by atoms with Crippen LogP contribution in [-0.4, -0.2) is 36.0 Å². The average molecular weight is 270 g/mol. The quantitative estimate of drug-likeness (QED) is 0.622. The highest BCUT2D eigenvalue weighted by molar-refractivity contribution is 9.09. The highest BCUT2D eigenvalue weighted by Gasteiger charge is 2.16. The van der Waals surface area contributed by atoms with Gasteiger partial charge in [0, 0.05) is 19.7 Å². The lowest BCUT2D eigenvalue weighted by molar-refractivity contribution is 0.0821. The number of nitrogens with zero attached hydrogens (tertiary/aromatic N) is 1. The Bertz CT molecular complexity index is 388. The van der Waals surface area contributed by atoms with Crippen LogP contribution in [0.15, 0.2) is 24.3 Å². The second-order valence-electron chi connectivity index (χ2n) is 3.30. The van der Waals surface area contributed by atoms with Crippen molar-refractivity contribution >= 4 is 27.6 Å². The lowest BCUT2D eigenvalue weighted by Crippen LogP contribution is -2.24. The standard InChI is InChI=1S/C11H12BrNO2/c1-13(2)11(15)9-6-4-3-5-8(9)10(14)7-12/h3-6H,7H2,1-2H3. The van der Waals surface area contributed by atoms with E-state index in [9.17, 15) is 9.59 Å². The Morgan fingerprint density at radius 3 is 2.20 bits per heavy atom. The summed E-state index contributed by atoms with van der Waals surface area (Å²) in [5.41, 5.74) is 0.917. The van der Waals surface area contributed by atoms with Gasteiger partial charge in [0.2, 0.25) is 0 Å². The van der Waals surface area contributed by atoms with Gasteiger partial charge < -0.3 is 4.90 Å². The van der Waals surface area contributed by atoms with Crippen molar-refractivity contribution in [3.8, 4) is 0 Å². The Labute approximate surface area is 97.2 Å². The normalized spacial score (nSPS) is 9.80. The summed E-state index contributed by atoms with van der Waals surface area (Å²) in [5, 5.41) is 0.227. The molecule has 0 saturated carbocycles. The van der Waals surface area contributed by atoms with E-state index in [4.69, 9.17) is 0 Å². The minimum atomic E-state index is -0.153. The first-order valence-corrected chi connectivity index (χ1v) is 5.60. The van der Waals surface area contributed by atoms with E-state index >= 15 is 0 Å². The van der Waals surface area contributed by atoms with Crippen LogP contribution in [0.3, 0.4) is 0 Å². The minimum absolute atomic E-state index is 0.0826. The molecule has 1 aromatic carbocycles. The Balaban J connectivity index is 3.18. The lowest BCUT2D eigenvalue weighted by Gasteiger charge is -2.12. The number of alkyl halides is 1. The Hall–Kier alpha value is -1.16. The molecule has 1 rings (SSSR count). The molecule has 0 aliphatic heterocycles. The van der Waals surface area contributed by atoms with Crippen molar-refractivity contribution in [3.05, 3.63) is 35.4 Å². The first kappa shape index (κ1) is 11.9. The summed E-state index contributed by atoms with van der Waals surface area (Å²) in [7, 11) is 3.33. The predicted octanol–water partition coefficient (Wildman–Crippen LogP) is 1.97. The van der Waals surface area contributed by atoms with Crippen molar-refractivity contribution in [2.24, 2.45) is 0 Å². The zero-order valence-electron chi connectivity index (χ0n) is 8.66. The fourth-order valence-corrected chi connectivity index (χ4v) is 1.53. The molecule has 0 spiro atoms. The van der Waals surface area contributed by atoms with Gasteiger partial charge >= 0.3 is 0 Å². The molecular formula is C11H12BrNO2. The molecule has 0 fully saturated rings. The molecule has 0 unspecified atom stereocenters. The largest absolute Gasteiger partial charge is 0.345 e. The molecule has 0 bridgehead atoms. The first-order chi connectivity index (χ1) is 7.07. The molecular weight excluding hydrogens is 258 g/mol. The van der Waals surface area contributed by atoms with Crippen LogP contribution in [0, 0.1) is 0 Å². The summed E-state index contributed by atoms with van der Waals surface area (Å²) in [6.45, 7) is 0. The Kier molecular flexibility index (Phi) is 4.03. The smallest absolute Gasteiger partial charge is 0.254 e. The highest BCUT2D eigenvalue weighted by Crippen LogP contribution is 2.12. The van der Waals surface area contributed by atoms with Crippen LogP contribution in [0.5, 0.6) is 0 Å². The van der Waals surface area contributed by atoms with Gasteiger partial charge in [-0.1, -0.05) is 34.1 Å². The highest BCUT2D eigenvalue weighted by atomic mass is 79.9. The van der Waals surface area contributed by atoms with Gasteiger partial charge in [-0.25, -0.2) is 0 Å². The summed E-state index contributed by atoms with van der Waals surface area (Å²) in [6.07, 6.45) is 0. The lowest BCUT2D eigenvalue weighted by atomic mass is 10.0. The fourth-order valence-electron chi connectivity index (χ4n) is 1.23. The number of hydrogen-bond donors (Lipinski definition) is 0. The maximum absolute atomic E-state index is 11.7. The van der Waals surface area contributed by atoms with E-state index in [-0.39, 0.29) is 17.0 Å². The van der Waals surface area contributed by atoms with Crippen LogP contribution in [0.1, 0.15) is 20.7 Å². The zero-order chi connectivity index (χ0) is 11.4. The van der Waals surface area contributed by atoms with Gasteiger partial charge in [0.25, 0.3) is 5.91 Å². The van der Waals surface area contributed by atoms with Gasteiger partial charge in [-0.2, -0.15) is 0 Å². The summed E-state index contributed by atoms with van der Waals surface area (Å²) in [6, 6.07) is 6.84. The third-order valence-corrected chi connectivity index (χ3v) is 2.49.